The van der Waals surface area contributed by atoms with Crippen molar-refractivity contribution in [3.05, 3.63) is 95.1 Å². The van der Waals surface area contributed by atoms with Crippen LogP contribution in [-0.2, 0) is 0 Å². The molecule has 0 spiro atoms. The maximum atomic E-state index is 10.2. The number of anilines is 3. The van der Waals surface area contributed by atoms with E-state index < -0.39 is 0 Å². The van der Waals surface area contributed by atoms with Crippen LogP contribution in [0.2, 0.25) is 0 Å². The fourth-order valence-electron chi connectivity index (χ4n) is 3.91. The van der Waals surface area contributed by atoms with Gasteiger partial charge in [0.25, 0.3) is 0 Å². The van der Waals surface area contributed by atoms with Crippen LogP contribution in [-0.4, -0.2) is 15.3 Å². The smallest absolute Gasteiger partial charge is 0.134 e. The van der Waals surface area contributed by atoms with E-state index in [1.54, 1.807) is 24.3 Å². The van der Waals surface area contributed by atoms with Crippen molar-refractivity contribution in [2.24, 2.45) is 0 Å². The van der Waals surface area contributed by atoms with Crippen molar-refractivity contribution in [2.75, 3.05) is 4.90 Å². The first-order valence-corrected chi connectivity index (χ1v) is 10.7. The minimum Gasteiger partial charge on any atom is -0.508 e. The predicted molar refractivity (Wildman–Crippen MR) is 132 cm³/mol. The van der Waals surface area contributed by atoms with Crippen LogP contribution in [0.3, 0.4) is 0 Å². The summed E-state index contributed by atoms with van der Waals surface area (Å²) in [5.41, 5.74) is 5.69. The van der Waals surface area contributed by atoms with Crippen molar-refractivity contribution in [2.45, 2.75) is 27.7 Å². The third-order valence-corrected chi connectivity index (χ3v) is 5.52. The molecule has 4 aromatic rings. The lowest BCUT2D eigenvalue weighted by Gasteiger charge is -2.26. The molecule has 0 saturated heterocycles. The van der Waals surface area contributed by atoms with Gasteiger partial charge in [-0.25, -0.2) is 0 Å². The zero-order valence-corrected chi connectivity index (χ0v) is 19.1. The molecule has 0 heterocycles. The largest absolute Gasteiger partial charge is 0.508 e. The van der Waals surface area contributed by atoms with E-state index in [0.717, 1.165) is 33.8 Å². The van der Waals surface area contributed by atoms with Gasteiger partial charge in [-0.05, 0) is 99.0 Å². The maximum Gasteiger partial charge on any atom is 0.134 e. The van der Waals surface area contributed by atoms with Crippen molar-refractivity contribution in [1.29, 1.82) is 0 Å². The van der Waals surface area contributed by atoms with Gasteiger partial charge in [0.1, 0.15) is 28.7 Å². The minimum atomic E-state index is 0.168. The number of phenolic OH excluding ortho intramolecular Hbond substituents is 3. The van der Waals surface area contributed by atoms with Gasteiger partial charge in [-0.1, -0.05) is 6.07 Å². The van der Waals surface area contributed by atoms with Crippen LogP contribution in [0, 0.1) is 27.7 Å². The number of rotatable bonds is 5. The molecule has 0 radical (unpaired) electrons. The van der Waals surface area contributed by atoms with E-state index in [0.29, 0.717) is 17.1 Å². The second-order valence-electron chi connectivity index (χ2n) is 8.34. The number of nitrogens with zero attached hydrogens (tertiary/aromatic N) is 1. The zero-order chi connectivity index (χ0) is 23.7. The SMILES string of the molecule is Cc1cc(O)cc(N(c2ccc(Oc3ccc(C)c(O)c3C)cc2)c2cc(C)cc(O)c2)c1. The molecule has 0 amide bonds. The van der Waals surface area contributed by atoms with Gasteiger partial charge in [0.05, 0.1) is 11.4 Å². The average molecular weight is 442 g/mol. The molecule has 4 aromatic carbocycles. The number of aryl methyl sites for hydroxylation is 3. The zero-order valence-electron chi connectivity index (χ0n) is 19.1. The molecule has 0 saturated carbocycles. The molecule has 0 bridgehead atoms. The number of ether oxygens (including phenoxy) is 1. The Morgan fingerprint density at radius 3 is 1.67 bits per heavy atom. The fourth-order valence-corrected chi connectivity index (χ4v) is 3.91. The molecule has 0 aliphatic carbocycles. The summed E-state index contributed by atoms with van der Waals surface area (Å²) >= 11 is 0. The highest BCUT2D eigenvalue weighted by atomic mass is 16.5. The fraction of sp³-hybridized carbons (Fsp3) is 0.143. The summed E-state index contributed by atoms with van der Waals surface area (Å²) in [4.78, 5) is 1.96. The van der Waals surface area contributed by atoms with Crippen molar-refractivity contribution in [3.8, 4) is 28.7 Å². The molecular weight excluding hydrogens is 414 g/mol. The summed E-state index contributed by atoms with van der Waals surface area (Å²) in [5.74, 6) is 1.79. The quantitative estimate of drug-likeness (QED) is 0.303. The van der Waals surface area contributed by atoms with E-state index in [-0.39, 0.29) is 17.2 Å². The number of hydrogen-bond donors (Lipinski definition) is 3. The van der Waals surface area contributed by atoms with Gasteiger partial charge in [0.2, 0.25) is 0 Å². The molecule has 0 unspecified atom stereocenters. The van der Waals surface area contributed by atoms with E-state index in [2.05, 4.69) is 0 Å². The molecule has 5 nitrogen and oxygen atoms in total. The van der Waals surface area contributed by atoms with Gasteiger partial charge >= 0.3 is 0 Å². The molecule has 4 rings (SSSR count). The Morgan fingerprint density at radius 1 is 0.606 bits per heavy atom. The van der Waals surface area contributed by atoms with Crippen LogP contribution in [0.5, 0.6) is 28.7 Å². The first kappa shape index (κ1) is 22.1. The molecule has 3 N–H and O–H groups in total. The highest BCUT2D eigenvalue weighted by molar-refractivity contribution is 5.78. The van der Waals surface area contributed by atoms with Crippen LogP contribution in [0.1, 0.15) is 22.3 Å². The number of benzene rings is 4. The summed E-state index contributed by atoms with van der Waals surface area (Å²) in [7, 11) is 0. The number of hydrogen-bond acceptors (Lipinski definition) is 5. The molecule has 33 heavy (non-hydrogen) atoms. The molecule has 0 atom stereocenters. The molecule has 5 heteroatoms. The van der Waals surface area contributed by atoms with Gasteiger partial charge in [-0.15, -0.1) is 0 Å². The van der Waals surface area contributed by atoms with Crippen LogP contribution in [0.4, 0.5) is 17.1 Å². The summed E-state index contributed by atoms with van der Waals surface area (Å²) in [6.07, 6.45) is 0. The molecule has 168 valence electrons. The highest BCUT2D eigenvalue weighted by Crippen LogP contribution is 2.40. The minimum absolute atomic E-state index is 0.168. The van der Waals surface area contributed by atoms with E-state index in [9.17, 15) is 15.3 Å². The van der Waals surface area contributed by atoms with Crippen molar-refractivity contribution < 1.29 is 20.1 Å². The summed E-state index contributed by atoms with van der Waals surface area (Å²) in [6.45, 7) is 7.51. The molecule has 0 aliphatic rings. The van der Waals surface area contributed by atoms with Gasteiger partial charge in [0, 0.05) is 23.4 Å². The van der Waals surface area contributed by atoms with Gasteiger partial charge in [-0.2, -0.15) is 0 Å². The normalized spacial score (nSPS) is 10.8. The lowest BCUT2D eigenvalue weighted by Crippen LogP contribution is -2.10. The topological polar surface area (TPSA) is 73.2 Å². The maximum absolute atomic E-state index is 10.2. The first-order chi connectivity index (χ1) is 15.7. The van der Waals surface area contributed by atoms with Crippen LogP contribution in [0.15, 0.2) is 72.8 Å². The van der Waals surface area contributed by atoms with Crippen molar-refractivity contribution in [1.82, 2.24) is 0 Å². The third kappa shape index (κ3) is 4.72. The Hall–Kier alpha value is -4.12. The molecule has 0 aliphatic heterocycles. The van der Waals surface area contributed by atoms with Crippen molar-refractivity contribution in [3.63, 3.8) is 0 Å². The molecular formula is C28H27NO4. The van der Waals surface area contributed by atoms with Crippen LogP contribution < -0.4 is 9.64 Å². The Bertz CT molecular complexity index is 1220. The average Bonchev–Trinajstić information content (AvgIpc) is 2.74. The van der Waals surface area contributed by atoms with E-state index in [4.69, 9.17) is 4.74 Å². The lowest BCUT2D eigenvalue weighted by molar-refractivity contribution is 0.445. The molecule has 0 fully saturated rings. The summed E-state index contributed by atoms with van der Waals surface area (Å²) < 4.78 is 6.01. The Labute approximate surface area is 193 Å². The first-order valence-electron chi connectivity index (χ1n) is 10.7. The second kappa shape index (κ2) is 8.79. The Morgan fingerprint density at radius 2 is 1.15 bits per heavy atom. The van der Waals surface area contributed by atoms with Gasteiger partial charge in [-0.3, -0.25) is 0 Å². The monoisotopic (exact) mass is 441 g/mol. The Kier molecular flexibility index (Phi) is 5.88. The van der Waals surface area contributed by atoms with Crippen LogP contribution in [0.25, 0.3) is 0 Å². The van der Waals surface area contributed by atoms with E-state index in [1.165, 1.54) is 0 Å². The van der Waals surface area contributed by atoms with Crippen molar-refractivity contribution >= 4 is 17.1 Å². The lowest BCUT2D eigenvalue weighted by atomic mass is 10.1. The van der Waals surface area contributed by atoms with Gasteiger partial charge < -0.3 is 25.0 Å². The van der Waals surface area contributed by atoms with Gasteiger partial charge in [0.15, 0.2) is 0 Å². The predicted octanol–water partition coefficient (Wildman–Crippen LogP) is 7.30. The second-order valence-corrected chi connectivity index (χ2v) is 8.34. The summed E-state index contributed by atoms with van der Waals surface area (Å²) in [6, 6.07) is 21.9. The molecule has 0 aromatic heterocycles. The Balaban J connectivity index is 1.74. The standard InChI is InChI=1S/C28H27NO4/c1-17-11-22(15-24(30)13-17)29(23-12-18(2)14-25(31)16-23)21-6-8-26(9-7-21)33-27-10-5-19(3)28(32)20(27)4/h5-16,30-32H,1-4H3. The van der Waals surface area contributed by atoms with E-state index in [1.807, 2.05) is 81.1 Å². The highest BCUT2D eigenvalue weighted by Gasteiger charge is 2.16. The van der Waals surface area contributed by atoms with E-state index >= 15 is 0 Å². The number of phenols is 3. The summed E-state index contributed by atoms with van der Waals surface area (Å²) in [5, 5.41) is 30.6. The number of aromatic hydroxyl groups is 3. The third-order valence-electron chi connectivity index (χ3n) is 5.52. The van der Waals surface area contributed by atoms with Crippen LogP contribution >= 0.6 is 0 Å².